The van der Waals surface area contributed by atoms with Gasteiger partial charge in [0, 0.05) is 13.6 Å². The van der Waals surface area contributed by atoms with E-state index < -0.39 is 11.5 Å². The summed E-state index contributed by atoms with van der Waals surface area (Å²) in [6.07, 6.45) is 2.69. The quantitative estimate of drug-likeness (QED) is 0.259. The molecule has 0 saturated heterocycles. The van der Waals surface area contributed by atoms with Crippen LogP contribution in [0.1, 0.15) is 52.9 Å². The SMILES string of the molecule is CCCC(CCC)(C(=O)N(C)CCC(C)O)C(N)=NO. The van der Waals surface area contributed by atoms with Crippen molar-refractivity contribution in [1.82, 2.24) is 4.90 Å². The highest BCUT2D eigenvalue weighted by Gasteiger charge is 2.43. The molecule has 0 spiro atoms. The molecular formula is C14H29N3O3. The molecule has 0 aromatic heterocycles. The summed E-state index contributed by atoms with van der Waals surface area (Å²) in [5.74, 6) is -0.160. The van der Waals surface area contributed by atoms with E-state index in [-0.39, 0.29) is 11.7 Å². The molecule has 0 fully saturated rings. The van der Waals surface area contributed by atoms with Gasteiger partial charge < -0.3 is 20.9 Å². The molecule has 0 heterocycles. The Hall–Kier alpha value is -1.30. The van der Waals surface area contributed by atoms with Gasteiger partial charge in [-0.25, -0.2) is 0 Å². The van der Waals surface area contributed by atoms with Gasteiger partial charge in [0.25, 0.3) is 0 Å². The molecule has 4 N–H and O–H groups in total. The van der Waals surface area contributed by atoms with Crippen molar-refractivity contribution in [2.75, 3.05) is 13.6 Å². The number of oxime groups is 1. The minimum Gasteiger partial charge on any atom is -0.409 e. The summed E-state index contributed by atoms with van der Waals surface area (Å²) >= 11 is 0. The van der Waals surface area contributed by atoms with E-state index in [4.69, 9.17) is 10.9 Å². The number of nitrogens with zero attached hydrogens (tertiary/aromatic N) is 2. The van der Waals surface area contributed by atoms with Crippen molar-refractivity contribution in [2.45, 2.75) is 59.0 Å². The van der Waals surface area contributed by atoms with Gasteiger partial charge in [0.05, 0.1) is 6.10 Å². The Bertz CT molecular complexity index is 324. The number of rotatable bonds is 9. The minimum absolute atomic E-state index is 0.0184. The number of hydrogen-bond donors (Lipinski definition) is 3. The Balaban J connectivity index is 5.23. The lowest BCUT2D eigenvalue weighted by Crippen LogP contribution is -2.50. The predicted molar refractivity (Wildman–Crippen MR) is 79.6 cm³/mol. The van der Waals surface area contributed by atoms with Gasteiger partial charge >= 0.3 is 0 Å². The van der Waals surface area contributed by atoms with Crippen LogP contribution in [0.4, 0.5) is 0 Å². The number of amides is 1. The fourth-order valence-corrected chi connectivity index (χ4v) is 2.50. The summed E-state index contributed by atoms with van der Waals surface area (Å²) < 4.78 is 0. The third-order valence-corrected chi connectivity index (χ3v) is 3.59. The van der Waals surface area contributed by atoms with Crippen LogP contribution in [0.25, 0.3) is 0 Å². The van der Waals surface area contributed by atoms with Gasteiger partial charge in [0.2, 0.25) is 5.91 Å². The molecule has 0 radical (unpaired) electrons. The van der Waals surface area contributed by atoms with Crippen LogP contribution in [0.5, 0.6) is 0 Å². The van der Waals surface area contributed by atoms with Crippen molar-refractivity contribution in [3.05, 3.63) is 0 Å². The number of aliphatic hydroxyl groups is 1. The van der Waals surface area contributed by atoms with E-state index >= 15 is 0 Å². The molecule has 0 aromatic carbocycles. The van der Waals surface area contributed by atoms with E-state index in [0.29, 0.717) is 25.8 Å². The van der Waals surface area contributed by atoms with Crippen LogP contribution in [0.15, 0.2) is 5.16 Å². The molecular weight excluding hydrogens is 258 g/mol. The van der Waals surface area contributed by atoms with Crippen molar-refractivity contribution in [1.29, 1.82) is 0 Å². The first-order valence-corrected chi connectivity index (χ1v) is 7.27. The lowest BCUT2D eigenvalue weighted by molar-refractivity contribution is -0.138. The second-order valence-electron chi connectivity index (χ2n) is 5.43. The highest BCUT2D eigenvalue weighted by Crippen LogP contribution is 2.32. The highest BCUT2D eigenvalue weighted by atomic mass is 16.4. The van der Waals surface area contributed by atoms with Crippen LogP contribution in [0.3, 0.4) is 0 Å². The van der Waals surface area contributed by atoms with Crippen LogP contribution < -0.4 is 5.73 Å². The average molecular weight is 287 g/mol. The molecule has 0 bridgehead atoms. The lowest BCUT2D eigenvalue weighted by Gasteiger charge is -2.34. The molecule has 1 unspecified atom stereocenters. The smallest absolute Gasteiger partial charge is 0.236 e. The average Bonchev–Trinajstić information content (AvgIpc) is 2.42. The van der Waals surface area contributed by atoms with Crippen molar-refractivity contribution in [3.63, 3.8) is 0 Å². The number of carbonyl (C=O) groups excluding carboxylic acids is 1. The second kappa shape index (κ2) is 8.79. The van der Waals surface area contributed by atoms with E-state index in [2.05, 4.69) is 5.16 Å². The number of hydrogen-bond acceptors (Lipinski definition) is 4. The predicted octanol–water partition coefficient (Wildman–Crippen LogP) is 1.55. The topological polar surface area (TPSA) is 99.2 Å². The maximum absolute atomic E-state index is 12.7. The van der Waals surface area contributed by atoms with Crippen LogP contribution in [-0.4, -0.2) is 46.7 Å². The van der Waals surface area contributed by atoms with Crippen molar-refractivity contribution < 1.29 is 15.1 Å². The van der Waals surface area contributed by atoms with Crippen LogP contribution in [0.2, 0.25) is 0 Å². The molecule has 0 aliphatic rings. The zero-order valence-corrected chi connectivity index (χ0v) is 13.1. The maximum atomic E-state index is 12.7. The zero-order chi connectivity index (χ0) is 15.8. The van der Waals surface area contributed by atoms with Crippen molar-refractivity contribution in [3.8, 4) is 0 Å². The summed E-state index contributed by atoms with van der Waals surface area (Å²) in [5.41, 5.74) is 4.88. The van der Waals surface area contributed by atoms with Crippen molar-refractivity contribution in [2.24, 2.45) is 16.3 Å². The van der Waals surface area contributed by atoms with Gasteiger partial charge in [-0.2, -0.15) is 0 Å². The molecule has 1 amide bonds. The Morgan fingerprint density at radius 3 is 2.20 bits per heavy atom. The standard InChI is InChI=1S/C14H29N3O3/c1-5-8-14(9-6-2,12(15)16-20)13(19)17(4)10-7-11(3)18/h11,18,20H,5-10H2,1-4H3,(H2,15,16). The first kappa shape index (κ1) is 18.7. The molecule has 1 atom stereocenters. The zero-order valence-electron chi connectivity index (χ0n) is 13.1. The van der Waals surface area contributed by atoms with Gasteiger partial charge in [0.1, 0.15) is 5.41 Å². The summed E-state index contributed by atoms with van der Waals surface area (Å²) in [4.78, 5) is 14.3. The molecule has 0 aromatic rings. The van der Waals surface area contributed by atoms with E-state index in [1.807, 2.05) is 13.8 Å². The third kappa shape index (κ3) is 4.67. The second-order valence-corrected chi connectivity index (χ2v) is 5.43. The summed E-state index contributed by atoms with van der Waals surface area (Å²) in [6.45, 7) is 6.08. The third-order valence-electron chi connectivity index (χ3n) is 3.59. The summed E-state index contributed by atoms with van der Waals surface area (Å²) in [6, 6.07) is 0. The Kier molecular flexibility index (Phi) is 8.22. The molecule has 0 aliphatic carbocycles. The Morgan fingerprint density at radius 1 is 1.35 bits per heavy atom. The first-order chi connectivity index (χ1) is 9.35. The van der Waals surface area contributed by atoms with Gasteiger partial charge in [0.15, 0.2) is 5.84 Å². The molecule has 118 valence electrons. The van der Waals surface area contributed by atoms with Gasteiger partial charge in [-0.1, -0.05) is 31.8 Å². The van der Waals surface area contributed by atoms with E-state index in [1.165, 1.54) is 0 Å². The van der Waals surface area contributed by atoms with Gasteiger partial charge in [-0.05, 0) is 26.2 Å². The molecule has 0 rings (SSSR count). The Morgan fingerprint density at radius 2 is 1.85 bits per heavy atom. The fourth-order valence-electron chi connectivity index (χ4n) is 2.50. The van der Waals surface area contributed by atoms with E-state index in [0.717, 1.165) is 12.8 Å². The van der Waals surface area contributed by atoms with Gasteiger partial charge in [-0.3, -0.25) is 4.79 Å². The van der Waals surface area contributed by atoms with E-state index in [9.17, 15) is 9.90 Å². The van der Waals surface area contributed by atoms with Gasteiger partial charge in [-0.15, -0.1) is 0 Å². The van der Waals surface area contributed by atoms with Crippen LogP contribution in [-0.2, 0) is 4.79 Å². The maximum Gasteiger partial charge on any atom is 0.236 e. The molecule has 6 heteroatoms. The Labute approximate surface area is 121 Å². The number of nitrogens with two attached hydrogens (primary N) is 1. The largest absolute Gasteiger partial charge is 0.409 e. The number of amidine groups is 1. The highest BCUT2D eigenvalue weighted by molar-refractivity contribution is 6.06. The normalized spacial score (nSPS) is 14.2. The molecule has 6 nitrogen and oxygen atoms in total. The molecule has 20 heavy (non-hydrogen) atoms. The monoisotopic (exact) mass is 287 g/mol. The lowest BCUT2D eigenvalue weighted by atomic mass is 9.76. The minimum atomic E-state index is -0.939. The number of aliphatic hydroxyl groups excluding tert-OH is 1. The first-order valence-electron chi connectivity index (χ1n) is 7.27. The van der Waals surface area contributed by atoms with E-state index in [1.54, 1.807) is 18.9 Å². The summed E-state index contributed by atoms with van der Waals surface area (Å²) in [7, 11) is 1.69. The molecule has 0 saturated carbocycles. The van der Waals surface area contributed by atoms with Crippen molar-refractivity contribution >= 4 is 11.7 Å². The van der Waals surface area contributed by atoms with Crippen LogP contribution in [0, 0.1) is 5.41 Å². The fraction of sp³-hybridized carbons (Fsp3) is 0.857. The summed E-state index contributed by atoms with van der Waals surface area (Å²) in [5, 5.41) is 21.4. The van der Waals surface area contributed by atoms with Crippen LogP contribution >= 0.6 is 0 Å². The number of carbonyl (C=O) groups is 1. The molecule has 0 aliphatic heterocycles.